The van der Waals surface area contributed by atoms with E-state index in [1.165, 1.54) is 12.8 Å². The highest BCUT2D eigenvalue weighted by Crippen LogP contribution is 2.31. The lowest BCUT2D eigenvalue weighted by molar-refractivity contribution is 0.292. The Hall–Kier alpha value is -3.98. The number of aromatic nitrogens is 4. The third-order valence-corrected chi connectivity index (χ3v) is 6.07. The molecule has 0 aliphatic carbocycles. The number of benzene rings is 1. The third-order valence-electron chi connectivity index (χ3n) is 6.07. The van der Waals surface area contributed by atoms with Crippen molar-refractivity contribution in [1.29, 1.82) is 0 Å². The molecule has 3 N–H and O–H groups in total. The molecule has 0 spiro atoms. The molecule has 1 saturated heterocycles. The third kappa shape index (κ3) is 5.25. The molecule has 3 aromatic heterocycles. The van der Waals surface area contributed by atoms with Gasteiger partial charge >= 0.3 is 0 Å². The van der Waals surface area contributed by atoms with Crippen LogP contribution < -0.4 is 25.4 Å². The minimum absolute atomic E-state index is 0.572. The average molecular weight is 472 g/mol. The summed E-state index contributed by atoms with van der Waals surface area (Å²) in [4.78, 5) is 18.1. The molecule has 0 amide bonds. The van der Waals surface area contributed by atoms with Gasteiger partial charge in [0.25, 0.3) is 0 Å². The lowest BCUT2D eigenvalue weighted by Crippen LogP contribution is -2.23. The molecule has 1 unspecified atom stereocenters. The second-order valence-corrected chi connectivity index (χ2v) is 8.39. The summed E-state index contributed by atoms with van der Waals surface area (Å²) in [5, 5.41) is 10.8. The highest BCUT2D eigenvalue weighted by molar-refractivity contribution is 5.95. The molecule has 1 aliphatic rings. The summed E-state index contributed by atoms with van der Waals surface area (Å²) in [5.74, 6) is 3.43. The fourth-order valence-corrected chi connectivity index (χ4v) is 4.26. The Kier molecular flexibility index (Phi) is 6.85. The molecule has 35 heavy (non-hydrogen) atoms. The Morgan fingerprint density at radius 1 is 1.11 bits per heavy atom. The highest BCUT2D eigenvalue weighted by atomic mass is 16.5. The Morgan fingerprint density at radius 3 is 2.77 bits per heavy atom. The fourth-order valence-electron chi connectivity index (χ4n) is 4.26. The van der Waals surface area contributed by atoms with Crippen molar-refractivity contribution in [2.24, 2.45) is 0 Å². The van der Waals surface area contributed by atoms with Gasteiger partial charge in [-0.25, -0.2) is 15.0 Å². The number of anilines is 3. The maximum Gasteiger partial charge on any atom is 0.162 e. The zero-order chi connectivity index (χ0) is 24.0. The molecule has 5 rings (SSSR count). The van der Waals surface area contributed by atoms with Crippen LogP contribution in [-0.2, 0) is 0 Å². The number of hydrogen-bond acceptors (Lipinski definition) is 9. The predicted octanol–water partition coefficient (Wildman–Crippen LogP) is 4.40. The molecule has 4 aromatic rings. The van der Waals surface area contributed by atoms with Gasteiger partial charge in [-0.1, -0.05) is 0 Å². The maximum absolute atomic E-state index is 5.90. The van der Waals surface area contributed by atoms with Crippen molar-refractivity contribution < 1.29 is 9.47 Å². The molecule has 1 aromatic carbocycles. The maximum atomic E-state index is 5.90. The van der Waals surface area contributed by atoms with E-state index in [0.717, 1.165) is 42.0 Å². The molecule has 0 saturated carbocycles. The molecular formula is C26H29N7O2. The number of hydrogen-bond donors (Lipinski definition) is 3. The van der Waals surface area contributed by atoms with Crippen molar-refractivity contribution in [1.82, 2.24) is 25.3 Å². The summed E-state index contributed by atoms with van der Waals surface area (Å²) in [5.41, 5.74) is 2.46. The van der Waals surface area contributed by atoms with Crippen molar-refractivity contribution in [3.05, 3.63) is 55.0 Å². The second kappa shape index (κ2) is 10.5. The first kappa shape index (κ1) is 22.8. The van der Waals surface area contributed by atoms with E-state index in [2.05, 4.69) is 25.9 Å². The van der Waals surface area contributed by atoms with E-state index in [-0.39, 0.29) is 0 Å². The molecule has 9 heteroatoms. The minimum atomic E-state index is 0.572. The van der Waals surface area contributed by atoms with Crippen LogP contribution in [0.3, 0.4) is 0 Å². The topological polar surface area (TPSA) is 106 Å². The van der Waals surface area contributed by atoms with Crippen LogP contribution in [0.25, 0.3) is 22.3 Å². The quantitative estimate of drug-likeness (QED) is 0.327. The van der Waals surface area contributed by atoms with E-state index >= 15 is 0 Å². The first-order valence-corrected chi connectivity index (χ1v) is 11.8. The van der Waals surface area contributed by atoms with Crippen LogP contribution >= 0.6 is 0 Å². The van der Waals surface area contributed by atoms with Gasteiger partial charge in [0.15, 0.2) is 5.82 Å². The van der Waals surface area contributed by atoms with Crippen LogP contribution in [0, 0.1) is 0 Å². The standard InChI is InChI=1S/C26H29N7O2/c1-27-26-24-21(15-28-16-22(24)34-2)32-25(33-26)17-9-12-30-23(14-17)31-19-5-7-20(8-6-19)35-13-10-18-4-3-11-29-18/h5-9,12,14-16,18,29H,3-4,10-11,13H2,1-2H3,(H,30,31)(H,27,32,33). The number of ether oxygens (including phenoxy) is 2. The van der Waals surface area contributed by atoms with Gasteiger partial charge in [0.1, 0.15) is 23.1 Å². The lowest BCUT2D eigenvalue weighted by Gasteiger charge is -2.12. The number of pyridine rings is 2. The van der Waals surface area contributed by atoms with Crippen LogP contribution in [0.1, 0.15) is 19.3 Å². The van der Waals surface area contributed by atoms with E-state index < -0.39 is 0 Å². The van der Waals surface area contributed by atoms with Gasteiger partial charge in [0.05, 0.1) is 37.0 Å². The van der Waals surface area contributed by atoms with Crippen LogP contribution in [0.15, 0.2) is 55.0 Å². The lowest BCUT2D eigenvalue weighted by atomic mass is 10.2. The molecule has 1 atom stereocenters. The molecule has 180 valence electrons. The summed E-state index contributed by atoms with van der Waals surface area (Å²) in [7, 11) is 3.43. The summed E-state index contributed by atoms with van der Waals surface area (Å²) >= 11 is 0. The molecule has 0 radical (unpaired) electrons. The molecular weight excluding hydrogens is 442 g/mol. The van der Waals surface area contributed by atoms with E-state index in [0.29, 0.717) is 34.8 Å². The van der Waals surface area contributed by atoms with Crippen LogP contribution in [0.4, 0.5) is 17.3 Å². The molecule has 1 aliphatic heterocycles. The van der Waals surface area contributed by atoms with Gasteiger partial charge in [-0.05, 0) is 62.2 Å². The van der Waals surface area contributed by atoms with Gasteiger partial charge in [-0.2, -0.15) is 0 Å². The molecule has 4 heterocycles. The Morgan fingerprint density at radius 2 is 2.00 bits per heavy atom. The van der Waals surface area contributed by atoms with Crippen molar-refractivity contribution in [2.45, 2.75) is 25.3 Å². The van der Waals surface area contributed by atoms with Gasteiger partial charge in [-0.15, -0.1) is 0 Å². The molecule has 0 bridgehead atoms. The first-order chi connectivity index (χ1) is 17.2. The number of rotatable bonds is 9. The molecule has 9 nitrogen and oxygen atoms in total. The number of fused-ring (bicyclic) bond motifs is 1. The van der Waals surface area contributed by atoms with Crippen molar-refractivity contribution in [3.63, 3.8) is 0 Å². The molecule has 1 fully saturated rings. The fraction of sp³-hybridized carbons (Fsp3) is 0.308. The van der Waals surface area contributed by atoms with Crippen molar-refractivity contribution >= 4 is 28.2 Å². The van der Waals surface area contributed by atoms with E-state index in [1.54, 1.807) is 25.7 Å². The average Bonchev–Trinajstić information content (AvgIpc) is 3.42. The first-order valence-electron chi connectivity index (χ1n) is 11.8. The van der Waals surface area contributed by atoms with Gasteiger partial charge in [-0.3, -0.25) is 4.98 Å². The summed E-state index contributed by atoms with van der Waals surface area (Å²) in [6.07, 6.45) is 8.63. The number of nitrogens with one attached hydrogen (secondary N) is 3. The highest BCUT2D eigenvalue weighted by Gasteiger charge is 2.15. The van der Waals surface area contributed by atoms with E-state index in [1.807, 2.05) is 43.4 Å². The van der Waals surface area contributed by atoms with Crippen molar-refractivity contribution in [2.75, 3.05) is 37.9 Å². The minimum Gasteiger partial charge on any atom is -0.494 e. The zero-order valence-electron chi connectivity index (χ0n) is 19.9. The summed E-state index contributed by atoms with van der Waals surface area (Å²) in [6, 6.07) is 12.3. The normalized spacial score (nSPS) is 15.2. The zero-order valence-corrected chi connectivity index (χ0v) is 19.9. The Bertz CT molecular complexity index is 1290. The second-order valence-electron chi connectivity index (χ2n) is 8.39. The van der Waals surface area contributed by atoms with Crippen LogP contribution in [0.2, 0.25) is 0 Å². The van der Waals surface area contributed by atoms with Gasteiger partial charge in [0.2, 0.25) is 0 Å². The predicted molar refractivity (Wildman–Crippen MR) is 138 cm³/mol. The summed E-state index contributed by atoms with van der Waals surface area (Å²) < 4.78 is 11.3. The van der Waals surface area contributed by atoms with E-state index in [4.69, 9.17) is 19.4 Å². The Balaban J connectivity index is 1.30. The largest absolute Gasteiger partial charge is 0.494 e. The Labute approximate surface area is 204 Å². The number of nitrogens with zero attached hydrogens (tertiary/aromatic N) is 4. The summed E-state index contributed by atoms with van der Waals surface area (Å²) in [6.45, 7) is 1.84. The van der Waals surface area contributed by atoms with E-state index in [9.17, 15) is 0 Å². The van der Waals surface area contributed by atoms with Crippen LogP contribution in [0.5, 0.6) is 11.5 Å². The van der Waals surface area contributed by atoms with Crippen LogP contribution in [-0.4, -0.2) is 53.3 Å². The monoisotopic (exact) mass is 471 g/mol. The number of methoxy groups -OCH3 is 1. The SMILES string of the molecule is CNc1nc(-c2ccnc(Nc3ccc(OCCC4CCCN4)cc3)c2)nc2cncc(OC)c12. The van der Waals surface area contributed by atoms with Gasteiger partial charge < -0.3 is 25.4 Å². The smallest absolute Gasteiger partial charge is 0.162 e. The van der Waals surface area contributed by atoms with Gasteiger partial charge in [0, 0.05) is 30.5 Å². The van der Waals surface area contributed by atoms with Crippen molar-refractivity contribution in [3.8, 4) is 22.9 Å².